The molecule has 1 aromatic heterocycles. The summed E-state index contributed by atoms with van der Waals surface area (Å²) in [5.74, 6) is 0.167. The number of rotatable bonds is 6. The molecule has 5 nitrogen and oxygen atoms in total. The van der Waals surface area contributed by atoms with Crippen molar-refractivity contribution in [2.24, 2.45) is 0 Å². The first kappa shape index (κ1) is 21.1. The van der Waals surface area contributed by atoms with Crippen molar-refractivity contribution < 1.29 is 17.9 Å². The van der Waals surface area contributed by atoms with E-state index in [2.05, 4.69) is 21.2 Å². The van der Waals surface area contributed by atoms with Crippen molar-refractivity contribution >= 4 is 48.0 Å². The average molecular weight is 506 g/mol. The highest BCUT2D eigenvalue weighted by Gasteiger charge is 2.31. The molecule has 3 aromatic rings. The summed E-state index contributed by atoms with van der Waals surface area (Å²) in [5.41, 5.74) is 0.846. The molecule has 8 heteroatoms. The second kappa shape index (κ2) is 8.91. The number of halogens is 1. The zero-order valence-corrected chi connectivity index (χ0v) is 19.3. The van der Waals surface area contributed by atoms with Gasteiger partial charge in [-0.3, -0.25) is 4.79 Å². The Balaban J connectivity index is 1.62. The van der Waals surface area contributed by atoms with Gasteiger partial charge in [0.15, 0.2) is 6.61 Å². The van der Waals surface area contributed by atoms with E-state index in [9.17, 15) is 13.2 Å². The quantitative estimate of drug-likeness (QED) is 0.497. The standard InChI is InChI=1S/C22H20BrNO4S2/c23-15-7-6-8-16(13-15)28-14-20(25)24-22-21(18-11-4-5-12-19(18)29-22)30(26,27)17-9-2-1-3-10-17/h1-3,6-10,13H,4-5,11-12,14H2,(H,24,25). The minimum absolute atomic E-state index is 0.205. The van der Waals surface area contributed by atoms with Gasteiger partial charge in [0.2, 0.25) is 9.84 Å². The maximum Gasteiger partial charge on any atom is 0.262 e. The number of sulfone groups is 1. The van der Waals surface area contributed by atoms with Gasteiger partial charge < -0.3 is 10.1 Å². The molecule has 0 aliphatic heterocycles. The normalized spacial score (nSPS) is 13.5. The van der Waals surface area contributed by atoms with Crippen molar-refractivity contribution in [3.63, 3.8) is 0 Å². The molecule has 2 aromatic carbocycles. The van der Waals surface area contributed by atoms with Crippen LogP contribution in [0.2, 0.25) is 0 Å². The summed E-state index contributed by atoms with van der Waals surface area (Å²) < 4.78 is 33.2. The Bertz CT molecular complexity index is 1170. The van der Waals surface area contributed by atoms with Crippen molar-refractivity contribution in [3.8, 4) is 5.75 Å². The van der Waals surface area contributed by atoms with E-state index in [1.165, 1.54) is 11.3 Å². The van der Waals surface area contributed by atoms with Crippen LogP contribution in [0.5, 0.6) is 5.75 Å². The number of ether oxygens (including phenoxy) is 1. The fraction of sp³-hybridized carbons (Fsp3) is 0.227. The molecule has 0 unspecified atom stereocenters. The third kappa shape index (κ3) is 4.45. The second-order valence-corrected chi connectivity index (χ2v) is 10.9. The second-order valence-electron chi connectivity index (χ2n) is 6.98. The fourth-order valence-electron chi connectivity index (χ4n) is 3.49. The predicted octanol–water partition coefficient (Wildman–Crippen LogP) is 5.24. The van der Waals surface area contributed by atoms with Gasteiger partial charge in [0.05, 0.1) is 4.90 Å². The van der Waals surface area contributed by atoms with Gasteiger partial charge in [0.1, 0.15) is 15.6 Å². The number of anilines is 1. The molecule has 0 spiro atoms. The molecule has 0 saturated carbocycles. The minimum atomic E-state index is -3.74. The first-order chi connectivity index (χ1) is 14.4. The highest BCUT2D eigenvalue weighted by Crippen LogP contribution is 2.43. The summed E-state index contributed by atoms with van der Waals surface area (Å²) in [4.78, 5) is 14.1. The van der Waals surface area contributed by atoms with E-state index >= 15 is 0 Å². The van der Waals surface area contributed by atoms with Crippen LogP contribution in [0.4, 0.5) is 5.00 Å². The largest absolute Gasteiger partial charge is 0.484 e. The molecule has 0 saturated heterocycles. The van der Waals surface area contributed by atoms with Crippen LogP contribution in [0.15, 0.2) is 68.9 Å². The Morgan fingerprint density at radius 2 is 1.83 bits per heavy atom. The zero-order valence-electron chi connectivity index (χ0n) is 16.1. The molecular formula is C22H20BrNO4S2. The molecule has 0 radical (unpaired) electrons. The molecular weight excluding hydrogens is 486 g/mol. The van der Waals surface area contributed by atoms with Crippen LogP contribution >= 0.6 is 27.3 Å². The Morgan fingerprint density at radius 1 is 1.07 bits per heavy atom. The first-order valence-electron chi connectivity index (χ1n) is 9.58. The molecule has 1 N–H and O–H groups in total. The Kier molecular flexibility index (Phi) is 6.26. The number of carbonyl (C=O) groups is 1. The average Bonchev–Trinajstić information content (AvgIpc) is 3.11. The van der Waals surface area contributed by atoms with Crippen LogP contribution in [0.1, 0.15) is 23.3 Å². The molecule has 4 rings (SSSR count). The van der Waals surface area contributed by atoms with Crippen molar-refractivity contribution in [2.75, 3.05) is 11.9 Å². The Labute approximate surface area is 188 Å². The van der Waals surface area contributed by atoms with Gasteiger partial charge in [-0.05, 0) is 61.6 Å². The third-order valence-electron chi connectivity index (χ3n) is 4.86. The van der Waals surface area contributed by atoms with E-state index in [-0.39, 0.29) is 16.4 Å². The molecule has 0 bridgehead atoms. The van der Waals surface area contributed by atoms with Crippen molar-refractivity contribution in [3.05, 3.63) is 69.5 Å². The summed E-state index contributed by atoms with van der Waals surface area (Å²) in [6, 6.07) is 15.6. The molecule has 156 valence electrons. The van der Waals surface area contributed by atoms with Gasteiger partial charge in [-0.2, -0.15) is 0 Å². The monoisotopic (exact) mass is 505 g/mol. The van der Waals surface area contributed by atoms with Crippen LogP contribution in [0.3, 0.4) is 0 Å². The van der Waals surface area contributed by atoms with E-state index in [1.807, 2.05) is 12.1 Å². The van der Waals surface area contributed by atoms with E-state index in [4.69, 9.17) is 4.74 Å². The molecule has 30 heavy (non-hydrogen) atoms. The van der Waals surface area contributed by atoms with Gasteiger partial charge in [0.25, 0.3) is 5.91 Å². The van der Waals surface area contributed by atoms with Crippen molar-refractivity contribution in [1.82, 2.24) is 0 Å². The molecule has 1 heterocycles. The number of hydrogen-bond acceptors (Lipinski definition) is 5. The summed E-state index contributed by atoms with van der Waals surface area (Å²) in [7, 11) is -3.74. The number of hydrogen-bond donors (Lipinski definition) is 1. The van der Waals surface area contributed by atoms with Crippen molar-refractivity contribution in [1.29, 1.82) is 0 Å². The Hall–Kier alpha value is -2.16. The highest BCUT2D eigenvalue weighted by atomic mass is 79.9. The van der Waals surface area contributed by atoms with E-state index in [0.717, 1.165) is 34.2 Å². The number of aryl methyl sites for hydroxylation is 1. The van der Waals surface area contributed by atoms with E-state index < -0.39 is 15.7 Å². The summed E-state index contributed by atoms with van der Waals surface area (Å²) in [6.45, 7) is -0.205. The number of thiophene rings is 1. The lowest BCUT2D eigenvalue weighted by Gasteiger charge is -2.14. The number of carbonyl (C=O) groups excluding carboxylic acids is 1. The maximum atomic E-state index is 13.4. The zero-order chi connectivity index (χ0) is 21.1. The molecule has 0 atom stereocenters. The summed E-state index contributed by atoms with van der Waals surface area (Å²) in [5, 5.41) is 3.18. The van der Waals surface area contributed by atoms with Crippen LogP contribution in [0.25, 0.3) is 0 Å². The van der Waals surface area contributed by atoms with Gasteiger partial charge in [-0.15, -0.1) is 11.3 Å². The maximum absolute atomic E-state index is 13.4. The fourth-order valence-corrected chi connectivity index (χ4v) is 7.18. The van der Waals surface area contributed by atoms with Crippen molar-refractivity contribution in [2.45, 2.75) is 35.5 Å². The van der Waals surface area contributed by atoms with Gasteiger partial charge >= 0.3 is 0 Å². The summed E-state index contributed by atoms with van der Waals surface area (Å²) in [6.07, 6.45) is 3.51. The smallest absolute Gasteiger partial charge is 0.262 e. The van der Waals surface area contributed by atoms with E-state index in [0.29, 0.717) is 17.2 Å². The molecule has 1 amide bonds. The Morgan fingerprint density at radius 3 is 2.60 bits per heavy atom. The number of amides is 1. The van der Waals surface area contributed by atoms with Crippen LogP contribution < -0.4 is 10.1 Å². The van der Waals surface area contributed by atoms with Crippen LogP contribution in [0, 0.1) is 0 Å². The summed E-state index contributed by atoms with van der Waals surface area (Å²) >= 11 is 4.73. The predicted molar refractivity (Wildman–Crippen MR) is 121 cm³/mol. The topological polar surface area (TPSA) is 72.5 Å². The van der Waals surface area contributed by atoms with Gasteiger partial charge in [-0.25, -0.2) is 8.42 Å². The lowest BCUT2D eigenvalue weighted by atomic mass is 9.99. The molecule has 1 aliphatic carbocycles. The number of nitrogens with one attached hydrogen (secondary N) is 1. The van der Waals surface area contributed by atoms with Gasteiger partial charge in [0, 0.05) is 9.35 Å². The lowest BCUT2D eigenvalue weighted by Crippen LogP contribution is -2.21. The number of benzene rings is 2. The highest BCUT2D eigenvalue weighted by molar-refractivity contribution is 9.10. The van der Waals surface area contributed by atoms with Gasteiger partial charge in [-0.1, -0.05) is 40.2 Å². The van der Waals surface area contributed by atoms with E-state index in [1.54, 1.807) is 42.5 Å². The molecule has 1 aliphatic rings. The number of fused-ring (bicyclic) bond motifs is 1. The first-order valence-corrected chi connectivity index (χ1v) is 12.7. The minimum Gasteiger partial charge on any atom is -0.484 e. The van der Waals surface area contributed by atoms with Crippen LogP contribution in [-0.4, -0.2) is 20.9 Å². The molecule has 0 fully saturated rings. The lowest BCUT2D eigenvalue weighted by molar-refractivity contribution is -0.118. The van der Waals surface area contributed by atoms with Crippen LogP contribution in [-0.2, 0) is 27.5 Å². The third-order valence-corrected chi connectivity index (χ3v) is 8.57. The SMILES string of the molecule is O=C(COc1cccc(Br)c1)Nc1sc2c(c1S(=O)(=O)c1ccccc1)CCCC2.